The van der Waals surface area contributed by atoms with Crippen molar-refractivity contribution < 1.29 is 19.4 Å². The minimum atomic E-state index is -1.27. The predicted octanol–water partition coefficient (Wildman–Crippen LogP) is 5.66. The molecule has 1 aliphatic heterocycles. The Morgan fingerprint density at radius 3 is 2.59 bits per heavy atom. The van der Waals surface area contributed by atoms with Crippen LogP contribution in [0.2, 0.25) is 25.7 Å². The Hall–Kier alpha value is -1.37. The Morgan fingerprint density at radius 1 is 1.24 bits per heavy atom. The van der Waals surface area contributed by atoms with Gasteiger partial charge in [-0.2, -0.15) is 0 Å². The van der Waals surface area contributed by atoms with E-state index in [1.165, 1.54) is 0 Å². The fourth-order valence-corrected chi connectivity index (χ4v) is 5.42. The number of hydrogen-bond acceptors (Lipinski definition) is 3. The maximum absolute atomic E-state index is 12.0. The van der Waals surface area contributed by atoms with Gasteiger partial charge in [0.1, 0.15) is 0 Å². The molecule has 1 heterocycles. The van der Waals surface area contributed by atoms with Gasteiger partial charge >= 0.3 is 6.09 Å². The average molecular weight is 422 g/mol. The average Bonchev–Trinajstić information content (AvgIpc) is 2.69. The highest BCUT2D eigenvalue weighted by molar-refractivity contribution is 6.76. The molecule has 1 aliphatic rings. The van der Waals surface area contributed by atoms with Crippen LogP contribution in [0, 0.1) is 5.92 Å². The molecule has 1 N–H and O–H groups in total. The van der Waals surface area contributed by atoms with Crippen LogP contribution in [0.5, 0.6) is 0 Å². The van der Waals surface area contributed by atoms with Crippen molar-refractivity contribution in [2.24, 2.45) is 5.92 Å². The Balaban J connectivity index is 2.22. The third kappa shape index (κ3) is 7.76. The maximum Gasteiger partial charge on any atom is 0.407 e. The number of carboxylic acid groups (broad SMARTS) is 1. The zero-order chi connectivity index (χ0) is 21.3. The molecule has 2 rings (SSSR count). The molecule has 1 saturated heterocycles. The molecule has 0 bridgehead atoms. The minimum Gasteiger partial charge on any atom is -0.465 e. The SMILES string of the molecule is CCOCCCO[C@@H](c1ccccc1)C1CCCN(C(=O)O)C1CC[Si](C)(C)C. The van der Waals surface area contributed by atoms with Crippen LogP contribution in [0.4, 0.5) is 4.79 Å². The molecule has 1 fully saturated rings. The van der Waals surface area contributed by atoms with E-state index in [1.54, 1.807) is 4.90 Å². The second-order valence-electron chi connectivity index (χ2n) is 9.20. The van der Waals surface area contributed by atoms with Gasteiger partial charge in [0.25, 0.3) is 0 Å². The molecular formula is C23H39NO4Si. The smallest absolute Gasteiger partial charge is 0.407 e. The van der Waals surface area contributed by atoms with Crippen LogP contribution in [0.15, 0.2) is 30.3 Å². The van der Waals surface area contributed by atoms with Gasteiger partial charge in [-0.1, -0.05) is 56.0 Å². The largest absolute Gasteiger partial charge is 0.465 e. The van der Waals surface area contributed by atoms with Gasteiger partial charge in [-0.15, -0.1) is 0 Å². The standard InChI is InChI=1S/C23H39NO4Si/c1-5-27-16-10-17-28-22(19-11-7-6-8-12-19)20-13-9-15-24(23(25)26)21(20)14-18-29(2,3)4/h6-8,11-12,20-22H,5,9-10,13-18H2,1-4H3,(H,25,26)/t20?,21?,22-/m0/s1. The van der Waals surface area contributed by atoms with Crippen LogP contribution in [0.1, 0.15) is 44.3 Å². The van der Waals surface area contributed by atoms with Gasteiger partial charge < -0.3 is 19.5 Å². The summed E-state index contributed by atoms with van der Waals surface area (Å²) in [7, 11) is -1.27. The molecule has 2 unspecified atom stereocenters. The number of hydrogen-bond donors (Lipinski definition) is 1. The van der Waals surface area contributed by atoms with Crippen molar-refractivity contribution in [3.8, 4) is 0 Å². The first-order chi connectivity index (χ1) is 13.8. The first-order valence-electron chi connectivity index (χ1n) is 11.1. The highest BCUT2D eigenvalue weighted by Gasteiger charge is 2.40. The molecule has 5 nitrogen and oxygen atoms in total. The molecule has 0 saturated carbocycles. The Kier molecular flexibility index (Phi) is 9.66. The molecule has 0 spiro atoms. The molecule has 1 aromatic rings. The first-order valence-corrected chi connectivity index (χ1v) is 14.8. The minimum absolute atomic E-state index is 0.0186. The summed E-state index contributed by atoms with van der Waals surface area (Å²) in [4.78, 5) is 13.7. The summed E-state index contributed by atoms with van der Waals surface area (Å²) in [6.07, 6.45) is 2.81. The van der Waals surface area contributed by atoms with Crippen LogP contribution in [-0.4, -0.2) is 56.6 Å². The zero-order valence-electron chi connectivity index (χ0n) is 18.6. The summed E-state index contributed by atoms with van der Waals surface area (Å²) >= 11 is 0. The number of likely N-dealkylation sites (tertiary alicyclic amines) is 1. The van der Waals surface area contributed by atoms with Crippen LogP contribution < -0.4 is 0 Å². The number of carbonyl (C=O) groups is 1. The first kappa shape index (κ1) is 23.9. The van der Waals surface area contributed by atoms with E-state index in [4.69, 9.17) is 9.47 Å². The summed E-state index contributed by atoms with van der Waals surface area (Å²) in [5.41, 5.74) is 1.15. The highest BCUT2D eigenvalue weighted by atomic mass is 28.3. The third-order valence-corrected chi connectivity index (χ3v) is 7.51. The van der Waals surface area contributed by atoms with E-state index in [0.29, 0.717) is 19.8 Å². The van der Waals surface area contributed by atoms with Crippen LogP contribution in [0.3, 0.4) is 0 Å². The van der Waals surface area contributed by atoms with E-state index in [-0.39, 0.29) is 18.1 Å². The number of nitrogens with zero attached hydrogens (tertiary/aromatic N) is 1. The normalized spacial score (nSPS) is 21.2. The Labute approximate surface area is 177 Å². The Morgan fingerprint density at radius 2 is 1.97 bits per heavy atom. The van der Waals surface area contributed by atoms with Gasteiger partial charge in [0.05, 0.1) is 6.10 Å². The van der Waals surface area contributed by atoms with Gasteiger partial charge in [-0.25, -0.2) is 4.79 Å². The second-order valence-corrected chi connectivity index (χ2v) is 14.8. The number of amides is 1. The molecule has 164 valence electrons. The van der Waals surface area contributed by atoms with E-state index in [0.717, 1.165) is 43.9 Å². The second kappa shape index (κ2) is 11.7. The monoisotopic (exact) mass is 421 g/mol. The molecule has 0 radical (unpaired) electrons. The van der Waals surface area contributed by atoms with Crippen molar-refractivity contribution >= 4 is 14.2 Å². The lowest BCUT2D eigenvalue weighted by Gasteiger charge is -2.44. The zero-order valence-corrected chi connectivity index (χ0v) is 19.6. The molecule has 3 atom stereocenters. The van der Waals surface area contributed by atoms with Crippen LogP contribution in [-0.2, 0) is 9.47 Å². The summed E-state index contributed by atoms with van der Waals surface area (Å²) in [6.45, 7) is 11.7. The molecule has 1 aromatic carbocycles. The molecule has 29 heavy (non-hydrogen) atoms. The van der Waals surface area contributed by atoms with E-state index >= 15 is 0 Å². The summed E-state index contributed by atoms with van der Waals surface area (Å²) in [5, 5.41) is 9.86. The van der Waals surface area contributed by atoms with E-state index < -0.39 is 14.2 Å². The summed E-state index contributed by atoms with van der Waals surface area (Å²) in [6, 6.07) is 11.5. The van der Waals surface area contributed by atoms with Gasteiger partial charge in [-0.3, -0.25) is 0 Å². The predicted molar refractivity (Wildman–Crippen MR) is 120 cm³/mol. The molecule has 1 amide bonds. The maximum atomic E-state index is 12.0. The van der Waals surface area contributed by atoms with E-state index in [9.17, 15) is 9.90 Å². The van der Waals surface area contributed by atoms with Gasteiger partial charge in [0, 0.05) is 46.4 Å². The van der Waals surface area contributed by atoms with Crippen molar-refractivity contribution in [1.82, 2.24) is 4.90 Å². The van der Waals surface area contributed by atoms with Crippen molar-refractivity contribution in [1.29, 1.82) is 0 Å². The lowest BCUT2D eigenvalue weighted by atomic mass is 9.81. The van der Waals surface area contributed by atoms with Crippen molar-refractivity contribution in [3.63, 3.8) is 0 Å². The van der Waals surface area contributed by atoms with Crippen molar-refractivity contribution in [2.75, 3.05) is 26.4 Å². The van der Waals surface area contributed by atoms with Gasteiger partial charge in [0.2, 0.25) is 0 Å². The van der Waals surface area contributed by atoms with Gasteiger partial charge in [0.15, 0.2) is 0 Å². The quantitative estimate of drug-likeness (QED) is 0.370. The van der Waals surface area contributed by atoms with E-state index in [1.807, 2.05) is 25.1 Å². The van der Waals surface area contributed by atoms with Crippen molar-refractivity contribution in [3.05, 3.63) is 35.9 Å². The van der Waals surface area contributed by atoms with Crippen molar-refractivity contribution in [2.45, 2.75) is 70.4 Å². The highest BCUT2D eigenvalue weighted by Crippen LogP contribution is 2.39. The number of ether oxygens (including phenoxy) is 2. The topological polar surface area (TPSA) is 59.0 Å². The number of rotatable bonds is 11. The molecule has 0 aliphatic carbocycles. The molecule has 0 aromatic heterocycles. The number of benzene rings is 1. The van der Waals surface area contributed by atoms with Crippen LogP contribution >= 0.6 is 0 Å². The third-order valence-electron chi connectivity index (χ3n) is 5.72. The molecule has 6 heteroatoms. The lowest BCUT2D eigenvalue weighted by Crippen LogP contribution is -2.50. The lowest BCUT2D eigenvalue weighted by molar-refractivity contribution is -0.0442. The number of piperidine rings is 1. The van der Waals surface area contributed by atoms with Crippen LogP contribution in [0.25, 0.3) is 0 Å². The summed E-state index contributed by atoms with van der Waals surface area (Å²) < 4.78 is 11.9. The fourth-order valence-electron chi connectivity index (χ4n) is 4.25. The van der Waals surface area contributed by atoms with Gasteiger partial charge in [-0.05, 0) is 38.2 Å². The Bertz CT molecular complexity index is 605. The summed E-state index contributed by atoms with van der Waals surface area (Å²) in [5.74, 6) is 0.186. The fraction of sp³-hybridized carbons (Fsp3) is 0.696. The molecular weight excluding hydrogens is 382 g/mol. The van der Waals surface area contributed by atoms with E-state index in [2.05, 4.69) is 31.8 Å².